The van der Waals surface area contributed by atoms with Gasteiger partial charge in [-0.1, -0.05) is 44.5 Å². The second-order valence-corrected chi connectivity index (χ2v) is 7.30. The molecule has 6 heteroatoms. The van der Waals surface area contributed by atoms with Crippen molar-refractivity contribution in [1.29, 1.82) is 0 Å². The molecule has 0 bridgehead atoms. The number of rotatable bonds is 4. The number of imide groups is 1. The Morgan fingerprint density at radius 3 is 2.26 bits per heavy atom. The molecule has 2 rings (SSSR count). The number of carbonyl (C=O) groups excluding carboxylic acids is 3. The van der Waals surface area contributed by atoms with Crippen LogP contribution in [0.25, 0.3) is 0 Å². The number of ether oxygens (including phenoxy) is 1. The van der Waals surface area contributed by atoms with Gasteiger partial charge in [-0.15, -0.1) is 0 Å². The van der Waals surface area contributed by atoms with Gasteiger partial charge in [0.25, 0.3) is 11.8 Å². The van der Waals surface area contributed by atoms with Crippen LogP contribution in [-0.4, -0.2) is 29.5 Å². The van der Waals surface area contributed by atoms with Crippen LogP contribution in [0.3, 0.4) is 0 Å². The lowest BCUT2D eigenvalue weighted by molar-refractivity contribution is -0.123. The van der Waals surface area contributed by atoms with Crippen LogP contribution in [-0.2, 0) is 14.9 Å². The molecule has 0 aliphatic carbocycles. The van der Waals surface area contributed by atoms with Gasteiger partial charge in [0.15, 0.2) is 6.61 Å². The van der Waals surface area contributed by atoms with Gasteiger partial charge in [0.2, 0.25) is 0 Å². The Hall–Kier alpha value is -3.15. The molecule has 0 radical (unpaired) electrons. The van der Waals surface area contributed by atoms with Crippen molar-refractivity contribution in [3.8, 4) is 5.75 Å². The molecule has 27 heavy (non-hydrogen) atoms. The first-order valence-corrected chi connectivity index (χ1v) is 8.49. The van der Waals surface area contributed by atoms with Gasteiger partial charge in [0.05, 0.1) is 0 Å². The normalized spacial score (nSPS) is 11.0. The number of aromatic hydroxyl groups is 1. The Morgan fingerprint density at radius 1 is 1.04 bits per heavy atom. The van der Waals surface area contributed by atoms with E-state index in [0.29, 0.717) is 5.56 Å². The Morgan fingerprint density at radius 2 is 1.67 bits per heavy atom. The predicted molar refractivity (Wildman–Crippen MR) is 101 cm³/mol. The lowest BCUT2D eigenvalue weighted by atomic mass is 9.87. The average molecular weight is 369 g/mol. The highest BCUT2D eigenvalue weighted by atomic mass is 16.5. The third-order valence-electron chi connectivity index (χ3n) is 3.97. The van der Waals surface area contributed by atoms with E-state index in [1.165, 1.54) is 12.1 Å². The maximum Gasteiger partial charge on any atom is 0.342 e. The molecule has 2 N–H and O–H groups in total. The fraction of sp³-hybridized carbons (Fsp3) is 0.286. The van der Waals surface area contributed by atoms with Gasteiger partial charge in [-0.3, -0.25) is 14.9 Å². The lowest BCUT2D eigenvalue weighted by Crippen LogP contribution is -2.34. The first kappa shape index (κ1) is 20.2. The van der Waals surface area contributed by atoms with Crippen LogP contribution in [0.1, 0.15) is 52.6 Å². The number of esters is 1. The van der Waals surface area contributed by atoms with Crippen LogP contribution in [0.5, 0.6) is 5.75 Å². The largest absolute Gasteiger partial charge is 0.507 e. The van der Waals surface area contributed by atoms with Crippen molar-refractivity contribution >= 4 is 17.8 Å². The minimum absolute atomic E-state index is 0.0353. The molecule has 6 nitrogen and oxygen atoms in total. The molecule has 2 amide bonds. The molecule has 142 valence electrons. The van der Waals surface area contributed by atoms with Crippen LogP contribution in [0.2, 0.25) is 0 Å². The highest BCUT2D eigenvalue weighted by Gasteiger charge is 2.17. The van der Waals surface area contributed by atoms with Crippen molar-refractivity contribution in [1.82, 2.24) is 5.32 Å². The molecule has 0 aliphatic rings. The van der Waals surface area contributed by atoms with E-state index in [-0.39, 0.29) is 16.7 Å². The van der Waals surface area contributed by atoms with Crippen molar-refractivity contribution in [2.75, 3.05) is 6.61 Å². The van der Waals surface area contributed by atoms with E-state index in [1.807, 2.05) is 12.1 Å². The maximum absolute atomic E-state index is 12.1. The molecule has 0 fully saturated rings. The zero-order chi connectivity index (χ0) is 20.2. The van der Waals surface area contributed by atoms with Gasteiger partial charge in [-0.2, -0.15) is 0 Å². The van der Waals surface area contributed by atoms with E-state index in [2.05, 4.69) is 26.1 Å². The SMILES string of the molecule is Cc1ccc(O)c(C(=O)OCC(=O)NC(=O)c2ccc(C(C)(C)C)cc2)c1. The van der Waals surface area contributed by atoms with Gasteiger partial charge < -0.3 is 9.84 Å². The van der Waals surface area contributed by atoms with E-state index < -0.39 is 24.4 Å². The predicted octanol–water partition coefficient (Wildman–Crippen LogP) is 3.11. The molecule has 0 saturated heterocycles. The van der Waals surface area contributed by atoms with Crippen molar-refractivity contribution in [2.24, 2.45) is 0 Å². The van der Waals surface area contributed by atoms with Crippen LogP contribution in [0, 0.1) is 6.92 Å². The maximum atomic E-state index is 12.1. The average Bonchev–Trinajstić information content (AvgIpc) is 2.61. The summed E-state index contributed by atoms with van der Waals surface area (Å²) in [5.41, 5.74) is 2.08. The number of amides is 2. The third-order valence-corrected chi connectivity index (χ3v) is 3.97. The summed E-state index contributed by atoms with van der Waals surface area (Å²) in [5, 5.41) is 11.9. The summed E-state index contributed by atoms with van der Waals surface area (Å²) in [6, 6.07) is 11.4. The molecule has 0 spiro atoms. The lowest BCUT2D eigenvalue weighted by Gasteiger charge is -2.19. The highest BCUT2D eigenvalue weighted by Crippen LogP contribution is 2.22. The summed E-state index contributed by atoms with van der Waals surface area (Å²) in [7, 11) is 0. The van der Waals surface area contributed by atoms with Crippen LogP contribution < -0.4 is 5.32 Å². The van der Waals surface area contributed by atoms with Gasteiger partial charge in [0, 0.05) is 5.56 Å². The molecule has 0 heterocycles. The Bertz CT molecular complexity index is 863. The molecule has 2 aromatic rings. The summed E-state index contributed by atoms with van der Waals surface area (Å²) in [6.45, 7) is 7.31. The number of carbonyl (C=O) groups is 3. The van der Waals surface area contributed by atoms with Crippen LogP contribution >= 0.6 is 0 Å². The Balaban J connectivity index is 1.92. The summed E-state index contributed by atoms with van der Waals surface area (Å²) in [4.78, 5) is 35.9. The number of aryl methyl sites for hydroxylation is 1. The summed E-state index contributed by atoms with van der Waals surface area (Å²) >= 11 is 0. The van der Waals surface area contributed by atoms with Crippen molar-refractivity contribution in [2.45, 2.75) is 33.1 Å². The first-order valence-electron chi connectivity index (χ1n) is 8.49. The third kappa shape index (κ3) is 5.41. The van der Waals surface area contributed by atoms with Crippen LogP contribution in [0.15, 0.2) is 42.5 Å². The second kappa shape index (κ2) is 8.03. The molecule has 0 unspecified atom stereocenters. The quantitative estimate of drug-likeness (QED) is 0.808. The van der Waals surface area contributed by atoms with Crippen LogP contribution in [0.4, 0.5) is 0 Å². The number of hydrogen-bond acceptors (Lipinski definition) is 5. The number of hydrogen-bond donors (Lipinski definition) is 2. The van der Waals surface area contributed by atoms with Gasteiger partial charge in [-0.25, -0.2) is 4.79 Å². The number of nitrogens with one attached hydrogen (secondary N) is 1. The van der Waals surface area contributed by atoms with Crippen molar-refractivity contribution in [3.05, 3.63) is 64.7 Å². The highest BCUT2D eigenvalue weighted by molar-refractivity contribution is 6.05. The molecular formula is C21H23NO5. The van der Waals surface area contributed by atoms with E-state index >= 15 is 0 Å². The summed E-state index contributed by atoms with van der Waals surface area (Å²) in [5.74, 6) is -2.40. The Labute approximate surface area is 158 Å². The fourth-order valence-electron chi connectivity index (χ4n) is 2.38. The fourth-order valence-corrected chi connectivity index (χ4v) is 2.38. The molecule has 0 atom stereocenters. The standard InChI is InChI=1S/C21H23NO5/c1-13-5-10-17(23)16(11-13)20(26)27-12-18(24)22-19(25)14-6-8-15(9-7-14)21(2,3)4/h5-11,23H,12H2,1-4H3,(H,22,24,25). The molecule has 0 aliphatic heterocycles. The number of phenols is 1. The van der Waals surface area contributed by atoms with Gasteiger partial charge in [0.1, 0.15) is 11.3 Å². The zero-order valence-electron chi connectivity index (χ0n) is 15.8. The summed E-state index contributed by atoms with van der Waals surface area (Å²) in [6.07, 6.45) is 0. The van der Waals surface area contributed by atoms with Crippen molar-refractivity contribution in [3.63, 3.8) is 0 Å². The summed E-state index contributed by atoms with van der Waals surface area (Å²) < 4.78 is 4.86. The number of phenolic OH excluding ortho intramolecular Hbond substituents is 1. The molecule has 2 aromatic carbocycles. The first-order chi connectivity index (χ1) is 12.6. The van der Waals surface area contributed by atoms with E-state index in [1.54, 1.807) is 25.1 Å². The Kier molecular flexibility index (Phi) is 6.00. The zero-order valence-corrected chi connectivity index (χ0v) is 15.8. The monoisotopic (exact) mass is 369 g/mol. The topological polar surface area (TPSA) is 92.7 Å². The van der Waals surface area contributed by atoms with Gasteiger partial charge in [-0.05, 0) is 42.2 Å². The van der Waals surface area contributed by atoms with Gasteiger partial charge >= 0.3 is 5.97 Å². The van der Waals surface area contributed by atoms with Crippen molar-refractivity contribution < 1.29 is 24.2 Å². The number of benzene rings is 2. The molecule has 0 aromatic heterocycles. The minimum Gasteiger partial charge on any atom is -0.507 e. The minimum atomic E-state index is -0.840. The smallest absolute Gasteiger partial charge is 0.342 e. The van der Waals surface area contributed by atoms with E-state index in [9.17, 15) is 19.5 Å². The van der Waals surface area contributed by atoms with E-state index in [0.717, 1.165) is 11.1 Å². The molecular weight excluding hydrogens is 346 g/mol. The molecule has 0 saturated carbocycles. The van der Waals surface area contributed by atoms with E-state index in [4.69, 9.17) is 4.74 Å². The second-order valence-electron chi connectivity index (χ2n) is 7.30.